The Morgan fingerprint density at radius 1 is 1.00 bits per heavy atom. The molecular weight excluding hydrogens is 490 g/mol. The van der Waals surface area contributed by atoms with Crippen LogP contribution in [0.1, 0.15) is 5.56 Å². The molecule has 184 valence electrons. The maximum Gasteiger partial charge on any atom is 0.246 e. The maximum absolute atomic E-state index is 13.4. The fourth-order valence-corrected chi connectivity index (χ4v) is 6.43. The summed E-state index contributed by atoms with van der Waals surface area (Å²) in [6.45, 7) is 2.94. The van der Waals surface area contributed by atoms with E-state index in [1.54, 1.807) is 31.4 Å². The van der Waals surface area contributed by atoms with Gasteiger partial charge in [0.25, 0.3) is 0 Å². The van der Waals surface area contributed by atoms with Crippen molar-refractivity contribution in [2.75, 3.05) is 55.5 Å². The summed E-state index contributed by atoms with van der Waals surface area (Å²) in [6.07, 6.45) is 0. The molecule has 3 heterocycles. The van der Waals surface area contributed by atoms with E-state index in [1.165, 1.54) is 0 Å². The highest BCUT2D eigenvalue weighted by atomic mass is 35.5. The number of halogens is 1. The van der Waals surface area contributed by atoms with E-state index in [-0.39, 0.29) is 21.6 Å². The van der Waals surface area contributed by atoms with Crippen LogP contribution in [-0.2, 0) is 21.1 Å². The Morgan fingerprint density at radius 2 is 1.69 bits per heavy atom. The van der Waals surface area contributed by atoms with Gasteiger partial charge < -0.3 is 24.0 Å². The lowest BCUT2D eigenvalue weighted by Crippen LogP contribution is -2.39. The summed E-state index contributed by atoms with van der Waals surface area (Å²) < 4.78 is 43.7. The zero-order valence-corrected chi connectivity index (χ0v) is 20.9. The predicted molar refractivity (Wildman–Crippen MR) is 135 cm³/mol. The molecule has 1 saturated heterocycles. The van der Waals surface area contributed by atoms with Crippen LogP contribution < -0.4 is 19.3 Å². The van der Waals surface area contributed by atoms with Crippen molar-refractivity contribution >= 4 is 32.9 Å². The van der Waals surface area contributed by atoms with E-state index in [0.29, 0.717) is 62.4 Å². The number of hydrogen-bond acceptors (Lipinski definition) is 8. The molecule has 3 aromatic rings. The molecule has 10 heteroatoms. The number of fused-ring (bicyclic) bond motifs is 1. The Labute approximate surface area is 209 Å². The number of ether oxygens (including phenoxy) is 3. The van der Waals surface area contributed by atoms with Gasteiger partial charge in [-0.2, -0.15) is 4.98 Å². The fraction of sp³-hybridized carbons (Fsp3) is 0.320. The van der Waals surface area contributed by atoms with Gasteiger partial charge in [-0.25, -0.2) is 8.42 Å². The molecule has 0 unspecified atom stereocenters. The molecule has 0 aliphatic carbocycles. The van der Waals surface area contributed by atoms with Gasteiger partial charge in [-0.3, -0.25) is 0 Å². The highest BCUT2D eigenvalue weighted by molar-refractivity contribution is 7.91. The molecule has 0 spiro atoms. The molecule has 8 nitrogen and oxygen atoms in total. The van der Waals surface area contributed by atoms with E-state index in [0.717, 1.165) is 5.56 Å². The number of methoxy groups -OCH3 is 1. The minimum absolute atomic E-state index is 0.0406. The van der Waals surface area contributed by atoms with Crippen LogP contribution in [0, 0.1) is 0 Å². The predicted octanol–water partition coefficient (Wildman–Crippen LogP) is 4.17. The molecule has 0 amide bonds. The molecule has 2 aliphatic heterocycles. The normalized spacial score (nSPS) is 17.1. The minimum atomic E-state index is -3.66. The lowest BCUT2D eigenvalue weighted by molar-refractivity contribution is 0.122. The first-order chi connectivity index (χ1) is 17.0. The molecule has 0 N–H and O–H groups in total. The van der Waals surface area contributed by atoms with Gasteiger partial charge in [-0.1, -0.05) is 41.9 Å². The smallest absolute Gasteiger partial charge is 0.246 e. The molecule has 35 heavy (non-hydrogen) atoms. The number of pyridine rings is 1. The Kier molecular flexibility index (Phi) is 6.73. The van der Waals surface area contributed by atoms with E-state index in [2.05, 4.69) is 0 Å². The van der Waals surface area contributed by atoms with Crippen molar-refractivity contribution in [2.45, 2.75) is 11.4 Å². The van der Waals surface area contributed by atoms with Crippen LogP contribution >= 0.6 is 11.6 Å². The van der Waals surface area contributed by atoms with Crippen LogP contribution in [-0.4, -0.2) is 59.1 Å². The number of rotatable bonds is 6. The van der Waals surface area contributed by atoms with Crippen molar-refractivity contribution in [2.24, 2.45) is 0 Å². The Balaban J connectivity index is 1.66. The fourth-order valence-electron chi connectivity index (χ4n) is 4.28. The van der Waals surface area contributed by atoms with Gasteiger partial charge in [0.2, 0.25) is 5.88 Å². The van der Waals surface area contributed by atoms with Gasteiger partial charge >= 0.3 is 0 Å². The molecule has 0 radical (unpaired) electrons. The largest absolute Gasteiger partial charge is 0.497 e. The highest BCUT2D eigenvalue weighted by Gasteiger charge is 2.38. The summed E-state index contributed by atoms with van der Waals surface area (Å²) in [7, 11) is -2.06. The standard InChI is InChI=1S/C25H26ClN3O5S/c1-32-19-7-9-20(10-8-19)34-25-22-23(21(26)24(27-25)28-11-14-33-15-12-28)35(30,31)16-13-29(22)17-18-5-3-2-4-6-18/h2-10H,11-17H2,1H3. The third-order valence-electron chi connectivity index (χ3n) is 6.08. The zero-order valence-electron chi connectivity index (χ0n) is 19.3. The molecule has 1 fully saturated rings. The molecule has 2 aromatic carbocycles. The SMILES string of the molecule is COc1ccc(Oc2nc(N3CCOCC3)c(Cl)c3c2N(Cc2ccccc2)CCS3(=O)=O)cc1. The second-order valence-electron chi connectivity index (χ2n) is 8.34. The number of aromatic nitrogens is 1. The Hall–Kier alpha value is -3.01. The van der Waals surface area contributed by atoms with Gasteiger partial charge in [0, 0.05) is 26.2 Å². The lowest BCUT2D eigenvalue weighted by atomic mass is 10.2. The zero-order chi connectivity index (χ0) is 24.4. The van der Waals surface area contributed by atoms with Crippen LogP contribution in [0.25, 0.3) is 0 Å². The topological polar surface area (TPSA) is 81.2 Å². The summed E-state index contributed by atoms with van der Waals surface area (Å²) >= 11 is 6.80. The molecule has 5 rings (SSSR count). The highest BCUT2D eigenvalue weighted by Crippen LogP contribution is 2.47. The van der Waals surface area contributed by atoms with Crippen molar-refractivity contribution < 1.29 is 22.6 Å². The monoisotopic (exact) mass is 515 g/mol. The first-order valence-corrected chi connectivity index (χ1v) is 13.4. The number of anilines is 2. The van der Waals surface area contributed by atoms with E-state index in [9.17, 15) is 8.42 Å². The van der Waals surface area contributed by atoms with Gasteiger partial charge in [0.1, 0.15) is 27.1 Å². The van der Waals surface area contributed by atoms with E-state index in [1.807, 2.05) is 40.1 Å². The number of nitrogens with zero attached hydrogens (tertiary/aromatic N) is 3. The molecule has 0 atom stereocenters. The Morgan fingerprint density at radius 3 is 2.37 bits per heavy atom. The van der Waals surface area contributed by atoms with Crippen molar-refractivity contribution in [3.8, 4) is 17.4 Å². The Bertz CT molecular complexity index is 1300. The van der Waals surface area contributed by atoms with Crippen molar-refractivity contribution in [1.29, 1.82) is 0 Å². The van der Waals surface area contributed by atoms with Crippen molar-refractivity contribution in [3.05, 3.63) is 65.2 Å². The van der Waals surface area contributed by atoms with Crippen molar-refractivity contribution in [3.63, 3.8) is 0 Å². The average Bonchev–Trinajstić information content (AvgIpc) is 2.88. The van der Waals surface area contributed by atoms with Crippen LogP contribution in [0.4, 0.5) is 11.5 Å². The van der Waals surface area contributed by atoms with Crippen molar-refractivity contribution in [1.82, 2.24) is 4.98 Å². The second kappa shape index (κ2) is 9.93. The molecule has 0 bridgehead atoms. The summed E-state index contributed by atoms with van der Waals surface area (Å²) in [5.74, 6) is 1.75. The summed E-state index contributed by atoms with van der Waals surface area (Å²) in [5.41, 5.74) is 1.43. The number of morpholine rings is 1. The first kappa shape index (κ1) is 23.7. The first-order valence-electron chi connectivity index (χ1n) is 11.4. The minimum Gasteiger partial charge on any atom is -0.497 e. The van der Waals surface area contributed by atoms with Crippen LogP contribution in [0.2, 0.25) is 5.02 Å². The van der Waals surface area contributed by atoms with Gasteiger partial charge in [-0.15, -0.1) is 0 Å². The summed E-state index contributed by atoms with van der Waals surface area (Å²) in [6, 6.07) is 16.9. The third kappa shape index (κ3) is 4.89. The summed E-state index contributed by atoms with van der Waals surface area (Å²) in [4.78, 5) is 8.78. The lowest BCUT2D eigenvalue weighted by Gasteiger charge is -2.35. The maximum atomic E-state index is 13.4. The molecule has 0 saturated carbocycles. The number of sulfone groups is 1. The molecular formula is C25H26ClN3O5S. The summed E-state index contributed by atoms with van der Waals surface area (Å²) in [5, 5.41) is 0.127. The molecule has 2 aliphatic rings. The number of hydrogen-bond donors (Lipinski definition) is 0. The van der Waals surface area contributed by atoms with Gasteiger partial charge in [-0.05, 0) is 29.8 Å². The van der Waals surface area contributed by atoms with E-state index < -0.39 is 9.84 Å². The van der Waals surface area contributed by atoms with Crippen LogP contribution in [0.5, 0.6) is 17.4 Å². The van der Waals surface area contributed by atoms with E-state index in [4.69, 9.17) is 30.8 Å². The third-order valence-corrected chi connectivity index (χ3v) is 8.29. The second-order valence-corrected chi connectivity index (χ2v) is 10.8. The van der Waals surface area contributed by atoms with Crippen LogP contribution in [0.15, 0.2) is 59.5 Å². The molecule has 1 aromatic heterocycles. The van der Waals surface area contributed by atoms with E-state index >= 15 is 0 Å². The average molecular weight is 516 g/mol. The number of benzene rings is 2. The van der Waals surface area contributed by atoms with Gasteiger partial charge in [0.05, 0.1) is 26.1 Å². The van der Waals surface area contributed by atoms with Gasteiger partial charge in [0.15, 0.2) is 15.7 Å². The van der Waals surface area contributed by atoms with Crippen LogP contribution in [0.3, 0.4) is 0 Å². The quantitative estimate of drug-likeness (QED) is 0.484.